The molecule has 0 saturated carbocycles. The first-order valence-corrected chi connectivity index (χ1v) is 14.1. The Kier molecular flexibility index (Phi) is 8.03. The molecule has 2 heterocycles. The van der Waals surface area contributed by atoms with Crippen LogP contribution in [0.15, 0.2) is 102 Å². The van der Waals surface area contributed by atoms with Gasteiger partial charge in [0.1, 0.15) is 17.3 Å². The van der Waals surface area contributed by atoms with Crippen LogP contribution in [-0.2, 0) is 24.8 Å². The molecule has 1 aliphatic heterocycles. The summed E-state index contributed by atoms with van der Waals surface area (Å²) in [5, 5.41) is 24.3. The Morgan fingerprint density at radius 2 is 1.48 bits per heavy atom. The monoisotopic (exact) mass is 583 g/mol. The number of oxime groups is 1. The third-order valence-electron chi connectivity index (χ3n) is 6.86. The number of nitrogens with zero attached hydrogens (tertiary/aromatic N) is 2. The second kappa shape index (κ2) is 11.8. The van der Waals surface area contributed by atoms with E-state index in [1.54, 1.807) is 5.38 Å². The number of carbonyl (C=O) groups is 3. The van der Waals surface area contributed by atoms with Gasteiger partial charge in [-0.15, -0.1) is 11.3 Å². The summed E-state index contributed by atoms with van der Waals surface area (Å²) in [6.07, 6.45) is 0. The molecule has 4 N–H and O–H groups in total. The number of carboxylic acid groups (broad SMARTS) is 1. The average Bonchev–Trinajstić information content (AvgIpc) is 3.47. The minimum absolute atomic E-state index is 0.156. The van der Waals surface area contributed by atoms with Crippen molar-refractivity contribution in [2.45, 2.75) is 31.0 Å². The van der Waals surface area contributed by atoms with Crippen molar-refractivity contribution < 1.29 is 24.3 Å². The first-order chi connectivity index (χ1) is 20.2. The van der Waals surface area contributed by atoms with Crippen molar-refractivity contribution in [1.29, 1.82) is 0 Å². The highest BCUT2D eigenvalue weighted by atomic mass is 32.1. The van der Waals surface area contributed by atoms with Gasteiger partial charge in [0.25, 0.3) is 5.91 Å². The van der Waals surface area contributed by atoms with Gasteiger partial charge in [-0.3, -0.25) is 9.59 Å². The van der Waals surface area contributed by atoms with Gasteiger partial charge in [0, 0.05) is 11.9 Å². The molecule has 3 aromatic carbocycles. The molecular weight excluding hydrogens is 554 g/mol. The standard InChI is InChI=1S/C31H29N5O5S/c1-30(2,28(39)40)41-36-25(27(38)33-23-18-32-26(23)37)24-19-42-29(34-24)35-31(20-12-6-3-7-13-20,21-14-8-4-9-15-21)22-16-10-5-11-17-22/h3-17,19,23H,18H2,1-2H3,(H,32,37)(H,33,38)(H,34,35)(H,39,40)/b36-25-. The summed E-state index contributed by atoms with van der Waals surface area (Å²) < 4.78 is 0. The summed E-state index contributed by atoms with van der Waals surface area (Å²) in [7, 11) is 0. The molecule has 42 heavy (non-hydrogen) atoms. The molecular formula is C31H29N5O5S. The number of thiazole rings is 1. The first kappa shape index (κ1) is 28.5. The Balaban J connectivity index is 1.57. The fourth-order valence-electron chi connectivity index (χ4n) is 4.42. The molecule has 0 aliphatic carbocycles. The van der Waals surface area contributed by atoms with E-state index in [2.05, 4.69) is 21.1 Å². The Hall–Kier alpha value is -5.03. The van der Waals surface area contributed by atoms with Crippen LogP contribution in [0.25, 0.3) is 0 Å². The molecule has 214 valence electrons. The van der Waals surface area contributed by atoms with Gasteiger partial charge in [-0.1, -0.05) is 96.2 Å². The number of anilines is 1. The number of carboxylic acids is 1. The van der Waals surface area contributed by atoms with Gasteiger partial charge < -0.3 is 25.9 Å². The zero-order valence-corrected chi connectivity index (χ0v) is 23.7. The maximum absolute atomic E-state index is 13.2. The smallest absolute Gasteiger partial charge is 0.350 e. The summed E-state index contributed by atoms with van der Waals surface area (Å²) in [5.41, 5.74) is 0.237. The van der Waals surface area contributed by atoms with Gasteiger partial charge in [0.2, 0.25) is 11.5 Å². The lowest BCUT2D eigenvalue weighted by Gasteiger charge is -2.36. The number of aliphatic carboxylic acids is 1. The topological polar surface area (TPSA) is 142 Å². The number of aromatic nitrogens is 1. The van der Waals surface area contributed by atoms with Crippen molar-refractivity contribution in [3.63, 3.8) is 0 Å². The number of nitrogens with one attached hydrogen (secondary N) is 3. The van der Waals surface area contributed by atoms with Crippen molar-refractivity contribution in [2.24, 2.45) is 5.16 Å². The van der Waals surface area contributed by atoms with Gasteiger partial charge >= 0.3 is 5.97 Å². The van der Waals surface area contributed by atoms with Crippen LogP contribution in [0.3, 0.4) is 0 Å². The highest BCUT2D eigenvalue weighted by Crippen LogP contribution is 2.40. The van der Waals surface area contributed by atoms with Gasteiger partial charge in [-0.2, -0.15) is 0 Å². The predicted molar refractivity (Wildman–Crippen MR) is 159 cm³/mol. The quantitative estimate of drug-likeness (QED) is 0.0912. The molecule has 5 rings (SSSR count). The van der Waals surface area contributed by atoms with Crippen molar-refractivity contribution >= 4 is 40.0 Å². The Bertz CT molecular complexity index is 1510. The minimum Gasteiger partial charge on any atom is -0.478 e. The van der Waals surface area contributed by atoms with E-state index in [0.717, 1.165) is 16.7 Å². The zero-order chi connectivity index (χ0) is 29.7. The molecule has 0 spiro atoms. The lowest BCUT2D eigenvalue weighted by Crippen LogP contribution is -2.62. The Morgan fingerprint density at radius 3 is 1.90 bits per heavy atom. The van der Waals surface area contributed by atoms with Crippen LogP contribution in [0.1, 0.15) is 36.2 Å². The van der Waals surface area contributed by atoms with E-state index >= 15 is 0 Å². The third kappa shape index (κ3) is 5.72. The van der Waals surface area contributed by atoms with Gasteiger partial charge in [-0.05, 0) is 30.5 Å². The highest BCUT2D eigenvalue weighted by Gasteiger charge is 2.38. The van der Waals surface area contributed by atoms with E-state index in [-0.39, 0.29) is 23.9 Å². The predicted octanol–water partition coefficient (Wildman–Crippen LogP) is 3.75. The van der Waals surface area contributed by atoms with Gasteiger partial charge in [0.15, 0.2) is 10.8 Å². The van der Waals surface area contributed by atoms with Crippen LogP contribution in [0.2, 0.25) is 0 Å². The molecule has 1 fully saturated rings. The number of hydrogen-bond donors (Lipinski definition) is 4. The fraction of sp³-hybridized carbons (Fsp3) is 0.194. The largest absolute Gasteiger partial charge is 0.478 e. The first-order valence-electron chi connectivity index (χ1n) is 13.2. The lowest BCUT2D eigenvalue weighted by molar-refractivity contribution is -0.161. The summed E-state index contributed by atoms with van der Waals surface area (Å²) in [6, 6.07) is 29.2. The fourth-order valence-corrected chi connectivity index (χ4v) is 5.17. The molecule has 1 saturated heterocycles. The molecule has 1 aromatic heterocycles. The van der Waals surface area contributed by atoms with Crippen LogP contribution < -0.4 is 16.0 Å². The van der Waals surface area contributed by atoms with E-state index in [1.165, 1.54) is 25.2 Å². The number of amides is 2. The SMILES string of the molecule is CC(C)(O/N=C(\C(=O)NC1CNC1=O)c1csc(NC(c2ccccc2)(c2ccccc2)c2ccccc2)n1)C(=O)O. The number of β-lactam (4-membered cyclic amide) rings is 1. The van der Waals surface area contributed by atoms with Crippen molar-refractivity contribution in [3.05, 3.63) is 119 Å². The minimum atomic E-state index is -1.71. The van der Waals surface area contributed by atoms with E-state index in [4.69, 9.17) is 9.82 Å². The molecule has 11 heteroatoms. The van der Waals surface area contributed by atoms with Crippen LogP contribution in [0.4, 0.5) is 5.13 Å². The number of benzene rings is 3. The molecule has 10 nitrogen and oxygen atoms in total. The number of carbonyl (C=O) groups excluding carboxylic acids is 2. The van der Waals surface area contributed by atoms with Crippen molar-refractivity contribution in [3.8, 4) is 0 Å². The summed E-state index contributed by atoms with van der Waals surface area (Å²) in [6.45, 7) is 2.91. The number of hydrogen-bond acceptors (Lipinski definition) is 8. The molecule has 1 unspecified atom stereocenters. The summed E-state index contributed by atoms with van der Waals surface area (Å²) in [5.74, 6) is -2.30. The molecule has 1 atom stereocenters. The average molecular weight is 584 g/mol. The normalized spacial score (nSPS) is 15.2. The Morgan fingerprint density at radius 1 is 0.952 bits per heavy atom. The van der Waals surface area contributed by atoms with Gasteiger partial charge in [-0.25, -0.2) is 9.78 Å². The van der Waals surface area contributed by atoms with Crippen LogP contribution in [-0.4, -0.2) is 51.8 Å². The molecule has 4 aromatic rings. The second-order valence-electron chi connectivity index (χ2n) is 10.1. The van der Waals surface area contributed by atoms with Crippen LogP contribution in [0.5, 0.6) is 0 Å². The van der Waals surface area contributed by atoms with Crippen LogP contribution >= 0.6 is 11.3 Å². The maximum Gasteiger partial charge on any atom is 0.350 e. The highest BCUT2D eigenvalue weighted by molar-refractivity contribution is 7.14. The second-order valence-corrected chi connectivity index (χ2v) is 11.0. The lowest BCUT2D eigenvalue weighted by atomic mass is 9.77. The molecule has 0 bridgehead atoms. The van der Waals surface area contributed by atoms with E-state index < -0.39 is 29.1 Å². The molecule has 1 aliphatic rings. The number of rotatable bonds is 11. The maximum atomic E-state index is 13.2. The summed E-state index contributed by atoms with van der Waals surface area (Å²) >= 11 is 1.25. The van der Waals surface area contributed by atoms with E-state index in [9.17, 15) is 19.5 Å². The van der Waals surface area contributed by atoms with Gasteiger partial charge in [0.05, 0.1) is 0 Å². The zero-order valence-electron chi connectivity index (χ0n) is 22.9. The van der Waals surface area contributed by atoms with Crippen molar-refractivity contribution in [1.82, 2.24) is 15.6 Å². The van der Waals surface area contributed by atoms with E-state index in [1.807, 2.05) is 91.0 Å². The Labute approximate surface area is 246 Å². The van der Waals surface area contributed by atoms with Crippen molar-refractivity contribution in [2.75, 3.05) is 11.9 Å². The van der Waals surface area contributed by atoms with Crippen LogP contribution in [0, 0.1) is 0 Å². The summed E-state index contributed by atoms with van der Waals surface area (Å²) in [4.78, 5) is 46.6. The van der Waals surface area contributed by atoms with E-state index in [0.29, 0.717) is 5.13 Å². The molecule has 0 radical (unpaired) electrons. The molecule has 2 amide bonds. The third-order valence-corrected chi connectivity index (χ3v) is 7.62.